The molecule has 16 heavy (non-hydrogen) atoms. The fourth-order valence-corrected chi connectivity index (χ4v) is 2.97. The predicted octanol–water partition coefficient (Wildman–Crippen LogP) is 1.97. The predicted molar refractivity (Wildman–Crippen MR) is 69.7 cm³/mol. The van der Waals surface area contributed by atoms with Crippen molar-refractivity contribution in [3.05, 3.63) is 21.9 Å². The second kappa shape index (κ2) is 5.80. The number of sulfone groups is 1. The summed E-state index contributed by atoms with van der Waals surface area (Å²) >= 11 is 1.77. The molecule has 1 heterocycles. The van der Waals surface area contributed by atoms with Crippen LogP contribution in [0.15, 0.2) is 12.1 Å². The number of rotatable bonds is 6. The highest BCUT2D eigenvalue weighted by Crippen LogP contribution is 2.14. The van der Waals surface area contributed by atoms with Crippen molar-refractivity contribution in [2.45, 2.75) is 32.9 Å². The second-order valence-electron chi connectivity index (χ2n) is 4.21. The van der Waals surface area contributed by atoms with Crippen LogP contribution in [-0.2, 0) is 16.4 Å². The Hall–Kier alpha value is -0.390. The van der Waals surface area contributed by atoms with Crippen molar-refractivity contribution in [1.82, 2.24) is 5.32 Å². The minimum atomic E-state index is -2.84. The molecule has 0 radical (unpaired) electrons. The van der Waals surface area contributed by atoms with E-state index in [4.69, 9.17) is 0 Å². The zero-order valence-electron chi connectivity index (χ0n) is 9.99. The maximum atomic E-state index is 11.0. The SMILES string of the molecule is Cc1ccc(CNC(C)CCS(C)(=O)=O)s1. The van der Waals surface area contributed by atoms with Crippen molar-refractivity contribution in [3.8, 4) is 0 Å². The fraction of sp³-hybridized carbons (Fsp3) is 0.636. The van der Waals surface area contributed by atoms with E-state index in [0.717, 1.165) is 6.54 Å². The summed E-state index contributed by atoms with van der Waals surface area (Å²) in [5, 5.41) is 3.33. The van der Waals surface area contributed by atoms with E-state index in [1.54, 1.807) is 11.3 Å². The first kappa shape index (κ1) is 13.7. The highest BCUT2D eigenvalue weighted by molar-refractivity contribution is 7.90. The third-order valence-electron chi connectivity index (χ3n) is 2.34. The van der Waals surface area contributed by atoms with Crippen molar-refractivity contribution in [3.63, 3.8) is 0 Å². The lowest BCUT2D eigenvalue weighted by Gasteiger charge is -2.12. The third-order valence-corrected chi connectivity index (χ3v) is 4.32. The van der Waals surface area contributed by atoms with Gasteiger partial charge in [-0.1, -0.05) is 0 Å². The highest BCUT2D eigenvalue weighted by Gasteiger charge is 2.07. The molecule has 5 heteroatoms. The van der Waals surface area contributed by atoms with Gasteiger partial charge >= 0.3 is 0 Å². The summed E-state index contributed by atoms with van der Waals surface area (Å²) in [4.78, 5) is 2.60. The molecule has 1 aromatic heterocycles. The minimum Gasteiger partial charge on any atom is -0.309 e. The summed E-state index contributed by atoms with van der Waals surface area (Å²) in [6.07, 6.45) is 1.95. The number of nitrogens with one attached hydrogen (secondary N) is 1. The Morgan fingerprint density at radius 2 is 2.12 bits per heavy atom. The molecule has 1 atom stereocenters. The molecular formula is C11H19NO2S2. The molecule has 92 valence electrons. The fourth-order valence-electron chi connectivity index (χ4n) is 1.35. The summed E-state index contributed by atoms with van der Waals surface area (Å²) in [5.41, 5.74) is 0. The normalized spacial score (nSPS) is 13.9. The molecule has 0 aliphatic heterocycles. The lowest BCUT2D eigenvalue weighted by molar-refractivity contribution is 0.530. The van der Waals surface area contributed by atoms with Crippen LogP contribution in [0, 0.1) is 6.92 Å². The van der Waals surface area contributed by atoms with Crippen LogP contribution < -0.4 is 5.32 Å². The van der Waals surface area contributed by atoms with E-state index in [1.165, 1.54) is 16.0 Å². The average Bonchev–Trinajstić information content (AvgIpc) is 2.57. The number of aryl methyl sites for hydroxylation is 1. The van der Waals surface area contributed by atoms with Crippen LogP contribution >= 0.6 is 11.3 Å². The Morgan fingerprint density at radius 1 is 1.44 bits per heavy atom. The van der Waals surface area contributed by atoms with Crippen LogP contribution in [-0.4, -0.2) is 26.5 Å². The molecule has 0 aliphatic carbocycles. The lowest BCUT2D eigenvalue weighted by atomic mass is 10.2. The van der Waals surface area contributed by atoms with Crippen molar-refractivity contribution in [2.75, 3.05) is 12.0 Å². The summed E-state index contributed by atoms with van der Waals surface area (Å²) < 4.78 is 22.0. The Kier molecular flexibility index (Phi) is 4.95. The Morgan fingerprint density at radius 3 is 2.62 bits per heavy atom. The van der Waals surface area contributed by atoms with Gasteiger partial charge in [0.25, 0.3) is 0 Å². The maximum absolute atomic E-state index is 11.0. The molecule has 0 aliphatic rings. The summed E-state index contributed by atoms with van der Waals surface area (Å²) in [6, 6.07) is 4.44. The summed E-state index contributed by atoms with van der Waals surface area (Å²) in [7, 11) is -2.84. The standard InChI is InChI=1S/C11H19NO2S2/c1-9(6-7-16(3,13)14)12-8-11-5-4-10(2)15-11/h4-5,9,12H,6-8H2,1-3H3. The number of hydrogen-bond acceptors (Lipinski definition) is 4. The van der Waals surface area contributed by atoms with Crippen LogP contribution in [0.25, 0.3) is 0 Å². The maximum Gasteiger partial charge on any atom is 0.147 e. The molecule has 0 saturated heterocycles. The van der Waals surface area contributed by atoms with Crippen molar-refractivity contribution >= 4 is 21.2 Å². The van der Waals surface area contributed by atoms with Gasteiger partial charge in [0.1, 0.15) is 9.84 Å². The molecule has 0 amide bonds. The van der Waals surface area contributed by atoms with E-state index in [2.05, 4.69) is 24.4 Å². The van der Waals surface area contributed by atoms with Gasteiger partial charge < -0.3 is 5.32 Å². The Balaban J connectivity index is 2.28. The van der Waals surface area contributed by atoms with Crippen LogP contribution in [0.3, 0.4) is 0 Å². The summed E-state index contributed by atoms with van der Waals surface area (Å²) in [5.74, 6) is 0.255. The molecule has 1 N–H and O–H groups in total. The molecule has 3 nitrogen and oxygen atoms in total. The molecule has 0 saturated carbocycles. The second-order valence-corrected chi connectivity index (χ2v) is 7.85. The van der Waals surface area contributed by atoms with Gasteiger partial charge in [-0.2, -0.15) is 0 Å². The third kappa shape index (κ3) is 5.63. The van der Waals surface area contributed by atoms with Gasteiger partial charge in [-0.3, -0.25) is 0 Å². The molecule has 0 spiro atoms. The first-order valence-corrected chi connectivity index (χ1v) is 8.21. The van der Waals surface area contributed by atoms with Gasteiger partial charge in [-0.05, 0) is 32.4 Å². The van der Waals surface area contributed by atoms with E-state index in [0.29, 0.717) is 6.42 Å². The highest BCUT2D eigenvalue weighted by atomic mass is 32.2. The van der Waals surface area contributed by atoms with E-state index in [9.17, 15) is 8.42 Å². The number of hydrogen-bond donors (Lipinski definition) is 1. The number of thiophene rings is 1. The van der Waals surface area contributed by atoms with E-state index in [1.807, 2.05) is 6.92 Å². The largest absolute Gasteiger partial charge is 0.309 e. The first-order chi connectivity index (χ1) is 7.37. The topological polar surface area (TPSA) is 46.2 Å². The molecule has 0 aromatic carbocycles. The van der Waals surface area contributed by atoms with E-state index in [-0.39, 0.29) is 11.8 Å². The molecule has 0 fully saturated rings. The molecule has 1 rings (SSSR count). The van der Waals surface area contributed by atoms with Crippen LogP contribution in [0.1, 0.15) is 23.1 Å². The van der Waals surface area contributed by atoms with Crippen molar-refractivity contribution in [1.29, 1.82) is 0 Å². The average molecular weight is 261 g/mol. The van der Waals surface area contributed by atoms with Crippen LogP contribution in [0.4, 0.5) is 0 Å². The monoisotopic (exact) mass is 261 g/mol. The zero-order chi connectivity index (χ0) is 12.2. The van der Waals surface area contributed by atoms with E-state index >= 15 is 0 Å². The zero-order valence-corrected chi connectivity index (χ0v) is 11.6. The van der Waals surface area contributed by atoms with Crippen LogP contribution in [0.2, 0.25) is 0 Å². The first-order valence-electron chi connectivity index (χ1n) is 5.33. The van der Waals surface area contributed by atoms with Gasteiger partial charge in [0.15, 0.2) is 0 Å². The Bertz CT molecular complexity index is 423. The summed E-state index contributed by atoms with van der Waals surface area (Å²) in [6.45, 7) is 4.93. The molecule has 0 bridgehead atoms. The van der Waals surface area contributed by atoms with Crippen molar-refractivity contribution in [2.24, 2.45) is 0 Å². The van der Waals surface area contributed by atoms with Gasteiger partial charge in [-0.15, -0.1) is 11.3 Å². The van der Waals surface area contributed by atoms with Gasteiger partial charge in [0, 0.05) is 28.6 Å². The van der Waals surface area contributed by atoms with Crippen molar-refractivity contribution < 1.29 is 8.42 Å². The molecule has 1 unspecified atom stereocenters. The van der Waals surface area contributed by atoms with Gasteiger partial charge in [-0.25, -0.2) is 8.42 Å². The van der Waals surface area contributed by atoms with Gasteiger partial charge in [0.05, 0.1) is 5.75 Å². The lowest BCUT2D eigenvalue weighted by Crippen LogP contribution is -2.27. The van der Waals surface area contributed by atoms with Crippen LogP contribution in [0.5, 0.6) is 0 Å². The minimum absolute atomic E-state index is 0.233. The van der Waals surface area contributed by atoms with E-state index < -0.39 is 9.84 Å². The van der Waals surface area contributed by atoms with Gasteiger partial charge in [0.2, 0.25) is 0 Å². The molecular weight excluding hydrogens is 242 g/mol. The smallest absolute Gasteiger partial charge is 0.147 e. The molecule has 1 aromatic rings. The Labute approximate surface area is 102 Å². The quantitative estimate of drug-likeness (QED) is 0.851.